The summed E-state index contributed by atoms with van der Waals surface area (Å²) in [5.41, 5.74) is 19.6. The van der Waals surface area contributed by atoms with Crippen LogP contribution in [0.3, 0.4) is 0 Å². The fourth-order valence-corrected chi connectivity index (χ4v) is 9.55. The van der Waals surface area contributed by atoms with Gasteiger partial charge in [0.15, 0.2) is 0 Å². The van der Waals surface area contributed by atoms with Crippen molar-refractivity contribution < 1.29 is 0 Å². The Labute approximate surface area is 367 Å². The van der Waals surface area contributed by atoms with Crippen molar-refractivity contribution in [2.24, 2.45) is 0 Å². The van der Waals surface area contributed by atoms with Gasteiger partial charge in [-0.3, -0.25) is 0 Å². The number of fused-ring (bicyclic) bond motifs is 5. The highest BCUT2D eigenvalue weighted by Gasteiger charge is 2.26. The lowest BCUT2D eigenvalue weighted by Gasteiger charge is -2.30. The molecule has 0 spiro atoms. The maximum atomic E-state index is 3.82. The van der Waals surface area contributed by atoms with Crippen LogP contribution in [0.25, 0.3) is 77.4 Å². The van der Waals surface area contributed by atoms with E-state index in [1.165, 1.54) is 60.8 Å². The SMILES string of the molecule is c1ccc(-c2ccc(N(c3ccccc3)c3cc(-c4ccc5[nH]c6c(c5c4)-c4cccc5cccc-6c45)cc(N(c4ccccc4)c4ccc(-c5ccccc5)cc4)c3)cc2)cc1. The minimum absolute atomic E-state index is 1.06. The van der Waals surface area contributed by atoms with Crippen LogP contribution in [0.4, 0.5) is 34.1 Å². The zero-order valence-corrected chi connectivity index (χ0v) is 34.5. The summed E-state index contributed by atoms with van der Waals surface area (Å²) in [4.78, 5) is 8.59. The molecule has 0 aliphatic heterocycles. The summed E-state index contributed by atoms with van der Waals surface area (Å²) in [7, 11) is 0. The number of aromatic nitrogens is 1. The third-order valence-electron chi connectivity index (χ3n) is 12.5. The number of hydrogen-bond acceptors (Lipinski definition) is 2. The number of aromatic amines is 1. The molecule has 3 heteroatoms. The number of para-hydroxylation sites is 2. The van der Waals surface area contributed by atoms with Gasteiger partial charge in [0.05, 0.1) is 5.69 Å². The molecule has 63 heavy (non-hydrogen) atoms. The van der Waals surface area contributed by atoms with E-state index in [4.69, 9.17) is 0 Å². The van der Waals surface area contributed by atoms with Gasteiger partial charge < -0.3 is 14.8 Å². The molecule has 1 aliphatic rings. The van der Waals surface area contributed by atoms with Crippen LogP contribution in [0.1, 0.15) is 0 Å². The number of nitrogens with zero attached hydrogens (tertiary/aromatic N) is 2. The Balaban J connectivity index is 1.07. The van der Waals surface area contributed by atoms with Crippen LogP contribution in [0.2, 0.25) is 0 Å². The minimum atomic E-state index is 1.06. The molecule has 12 rings (SSSR count). The van der Waals surface area contributed by atoms with Gasteiger partial charge in [0.1, 0.15) is 0 Å². The molecule has 0 atom stereocenters. The molecule has 0 saturated heterocycles. The first kappa shape index (κ1) is 36.5. The number of benzene rings is 10. The first-order chi connectivity index (χ1) is 31.2. The summed E-state index contributed by atoms with van der Waals surface area (Å²) < 4.78 is 0. The smallest absolute Gasteiger partial charge is 0.0551 e. The maximum absolute atomic E-state index is 3.82. The van der Waals surface area contributed by atoms with Gasteiger partial charge in [0.25, 0.3) is 0 Å². The van der Waals surface area contributed by atoms with Gasteiger partial charge in [-0.15, -0.1) is 0 Å². The molecule has 11 aromatic rings. The van der Waals surface area contributed by atoms with Crippen molar-refractivity contribution in [3.8, 4) is 55.8 Å². The molecule has 296 valence electrons. The first-order valence-electron chi connectivity index (χ1n) is 21.6. The molecular formula is C60H41N3. The van der Waals surface area contributed by atoms with Crippen molar-refractivity contribution in [3.05, 3.63) is 243 Å². The zero-order chi connectivity index (χ0) is 41.7. The molecule has 1 heterocycles. The van der Waals surface area contributed by atoms with E-state index < -0.39 is 0 Å². The summed E-state index contributed by atoms with van der Waals surface area (Å²) in [5, 5.41) is 3.82. The molecule has 0 radical (unpaired) electrons. The lowest BCUT2D eigenvalue weighted by atomic mass is 9.97. The molecule has 3 nitrogen and oxygen atoms in total. The normalized spacial score (nSPS) is 11.5. The Bertz CT molecular complexity index is 3260. The van der Waals surface area contributed by atoms with Gasteiger partial charge in [-0.1, -0.05) is 164 Å². The van der Waals surface area contributed by atoms with E-state index in [0.717, 1.165) is 50.8 Å². The molecule has 0 saturated carbocycles. The molecule has 1 aliphatic carbocycles. The summed E-state index contributed by atoms with van der Waals surface area (Å²) in [5.74, 6) is 0. The van der Waals surface area contributed by atoms with Gasteiger partial charge in [-0.2, -0.15) is 0 Å². The number of rotatable bonds is 9. The number of nitrogens with one attached hydrogen (secondary N) is 1. The highest BCUT2D eigenvalue weighted by atomic mass is 15.2. The van der Waals surface area contributed by atoms with E-state index in [2.05, 4.69) is 257 Å². The fourth-order valence-electron chi connectivity index (χ4n) is 9.55. The van der Waals surface area contributed by atoms with Gasteiger partial charge in [0, 0.05) is 56.2 Å². The largest absolute Gasteiger partial charge is 0.354 e. The maximum Gasteiger partial charge on any atom is 0.0551 e. The Hall–Kier alpha value is -8.40. The average Bonchev–Trinajstić information content (AvgIpc) is 3.89. The van der Waals surface area contributed by atoms with Crippen molar-refractivity contribution in [2.45, 2.75) is 0 Å². The zero-order valence-electron chi connectivity index (χ0n) is 34.5. The molecule has 0 amide bonds. The average molecular weight is 804 g/mol. The van der Waals surface area contributed by atoms with Crippen LogP contribution in [-0.2, 0) is 0 Å². The number of H-pyrrole nitrogens is 1. The summed E-state index contributed by atoms with van der Waals surface area (Å²) in [6, 6.07) is 87.8. The Kier molecular flexibility index (Phi) is 8.83. The second kappa shape index (κ2) is 15.3. The van der Waals surface area contributed by atoms with E-state index in [1.54, 1.807) is 0 Å². The monoisotopic (exact) mass is 803 g/mol. The summed E-state index contributed by atoms with van der Waals surface area (Å²) in [6.07, 6.45) is 0. The van der Waals surface area contributed by atoms with E-state index in [-0.39, 0.29) is 0 Å². The second-order valence-corrected chi connectivity index (χ2v) is 16.3. The van der Waals surface area contributed by atoms with Crippen molar-refractivity contribution in [1.29, 1.82) is 0 Å². The minimum Gasteiger partial charge on any atom is -0.354 e. The van der Waals surface area contributed by atoms with Gasteiger partial charge in [-0.05, 0) is 129 Å². The third-order valence-corrected chi connectivity index (χ3v) is 12.5. The molecule has 1 aromatic heterocycles. The topological polar surface area (TPSA) is 22.3 Å². The molecule has 0 fully saturated rings. The first-order valence-corrected chi connectivity index (χ1v) is 21.6. The predicted octanol–water partition coefficient (Wildman–Crippen LogP) is 16.9. The Morgan fingerprint density at radius 3 is 1.25 bits per heavy atom. The summed E-state index contributed by atoms with van der Waals surface area (Å²) >= 11 is 0. The van der Waals surface area contributed by atoms with Gasteiger partial charge in [-0.25, -0.2) is 0 Å². The Morgan fingerprint density at radius 1 is 0.286 bits per heavy atom. The van der Waals surface area contributed by atoms with Crippen molar-refractivity contribution in [2.75, 3.05) is 9.80 Å². The lowest BCUT2D eigenvalue weighted by Crippen LogP contribution is -2.13. The highest BCUT2D eigenvalue weighted by molar-refractivity contribution is 6.21. The second-order valence-electron chi connectivity index (χ2n) is 16.3. The van der Waals surface area contributed by atoms with Crippen molar-refractivity contribution in [3.63, 3.8) is 0 Å². The standard InChI is InChI=1S/C60H41N3/c1-5-15-41(16-6-1)43-27-32-50(33-28-43)62(48-21-9-3-10-22-48)52-37-47(46-31-36-57-56(39-46)59-54-25-13-19-45-20-14-26-55(58(45)54)60(59)61-57)38-53(40-52)63(49-23-11-4-12-24-49)51-34-29-44(30-35-51)42-17-7-2-8-18-42/h1-40,61H. The van der Waals surface area contributed by atoms with Crippen LogP contribution < -0.4 is 9.80 Å². The van der Waals surface area contributed by atoms with E-state index >= 15 is 0 Å². The molecule has 1 N–H and O–H groups in total. The quantitative estimate of drug-likeness (QED) is 0.157. The molecule has 10 aromatic carbocycles. The highest BCUT2D eigenvalue weighted by Crippen LogP contribution is 2.51. The summed E-state index contributed by atoms with van der Waals surface area (Å²) in [6.45, 7) is 0. The molecule has 0 bridgehead atoms. The van der Waals surface area contributed by atoms with E-state index in [1.807, 2.05) is 0 Å². The van der Waals surface area contributed by atoms with Crippen molar-refractivity contribution >= 4 is 55.8 Å². The Morgan fingerprint density at radius 2 is 0.730 bits per heavy atom. The van der Waals surface area contributed by atoms with Gasteiger partial charge in [0.2, 0.25) is 0 Å². The van der Waals surface area contributed by atoms with Crippen LogP contribution in [-0.4, -0.2) is 4.98 Å². The van der Waals surface area contributed by atoms with E-state index in [0.29, 0.717) is 0 Å². The van der Waals surface area contributed by atoms with Gasteiger partial charge >= 0.3 is 0 Å². The lowest BCUT2D eigenvalue weighted by molar-refractivity contribution is 1.25. The van der Waals surface area contributed by atoms with Crippen molar-refractivity contribution in [1.82, 2.24) is 4.98 Å². The predicted molar refractivity (Wildman–Crippen MR) is 266 cm³/mol. The number of hydrogen-bond donors (Lipinski definition) is 1. The van der Waals surface area contributed by atoms with E-state index in [9.17, 15) is 0 Å². The van der Waals surface area contributed by atoms with Crippen LogP contribution in [0.5, 0.6) is 0 Å². The fraction of sp³-hybridized carbons (Fsp3) is 0. The van der Waals surface area contributed by atoms with Crippen LogP contribution >= 0.6 is 0 Å². The number of anilines is 6. The van der Waals surface area contributed by atoms with Crippen LogP contribution in [0.15, 0.2) is 243 Å². The molecule has 0 unspecified atom stereocenters. The third kappa shape index (κ3) is 6.46. The molecular weight excluding hydrogens is 763 g/mol. The van der Waals surface area contributed by atoms with Crippen LogP contribution in [0, 0.1) is 0 Å².